The monoisotopic (exact) mass is 370 g/mol. The van der Waals surface area contributed by atoms with Gasteiger partial charge in [-0.25, -0.2) is 9.78 Å². The average molecular weight is 371 g/mol. The Morgan fingerprint density at radius 3 is 2.88 bits per heavy atom. The molecule has 0 unspecified atom stereocenters. The minimum Gasteiger partial charge on any atom is -0.476 e. The van der Waals surface area contributed by atoms with Crippen molar-refractivity contribution in [2.24, 2.45) is 0 Å². The minimum absolute atomic E-state index is 0.0371. The van der Waals surface area contributed by atoms with Gasteiger partial charge in [0, 0.05) is 19.2 Å². The minimum atomic E-state index is -1.19. The summed E-state index contributed by atoms with van der Waals surface area (Å²) >= 11 is 6.33. The van der Waals surface area contributed by atoms with E-state index >= 15 is 0 Å². The predicted octanol–water partition coefficient (Wildman–Crippen LogP) is 2.68. The second kappa shape index (κ2) is 6.03. The lowest BCUT2D eigenvalue weighted by Gasteiger charge is -2.18. The van der Waals surface area contributed by atoms with Crippen LogP contribution < -0.4 is 10.6 Å². The Hall–Kier alpha value is -3.06. The molecule has 3 heterocycles. The molecule has 0 bridgehead atoms. The van der Waals surface area contributed by atoms with Crippen LogP contribution >= 0.6 is 11.6 Å². The summed E-state index contributed by atoms with van der Waals surface area (Å²) in [6, 6.07) is 9.22. The number of aromatic nitrogens is 2. The lowest BCUT2D eigenvalue weighted by Crippen LogP contribution is -2.31. The lowest BCUT2D eigenvalue weighted by molar-refractivity contribution is 0.0691. The Labute approximate surface area is 153 Å². The highest BCUT2D eigenvalue weighted by atomic mass is 35.5. The zero-order valence-electron chi connectivity index (χ0n) is 13.8. The summed E-state index contributed by atoms with van der Waals surface area (Å²) in [5.41, 5.74) is 4.05. The Kier molecular flexibility index (Phi) is 3.81. The fourth-order valence-corrected chi connectivity index (χ4v) is 3.55. The molecule has 0 aliphatic carbocycles. The molecule has 0 saturated carbocycles. The van der Waals surface area contributed by atoms with E-state index < -0.39 is 5.97 Å². The number of nitrogens with zero attached hydrogens (tertiary/aromatic N) is 2. The summed E-state index contributed by atoms with van der Waals surface area (Å²) in [6.07, 6.45) is 0.741. The van der Waals surface area contributed by atoms with Crippen LogP contribution in [0.25, 0.3) is 16.9 Å². The maximum atomic E-state index is 11.9. The van der Waals surface area contributed by atoms with Gasteiger partial charge in [0.25, 0.3) is 5.91 Å². The third-order valence-electron chi connectivity index (χ3n) is 4.51. The molecule has 1 aliphatic rings. The number of fused-ring (bicyclic) bond motifs is 2. The Morgan fingerprint density at radius 1 is 1.35 bits per heavy atom. The molecule has 1 aliphatic heterocycles. The number of anilines is 1. The van der Waals surface area contributed by atoms with E-state index in [0.717, 1.165) is 17.5 Å². The second-order valence-corrected chi connectivity index (χ2v) is 6.33. The van der Waals surface area contributed by atoms with Crippen molar-refractivity contribution in [2.75, 3.05) is 18.9 Å². The van der Waals surface area contributed by atoms with Crippen molar-refractivity contribution in [1.82, 2.24) is 14.7 Å². The molecule has 0 radical (unpaired) electrons. The van der Waals surface area contributed by atoms with E-state index in [4.69, 9.17) is 11.6 Å². The molecule has 2 aromatic heterocycles. The first kappa shape index (κ1) is 16.4. The number of carbonyl (C=O) groups excluding carboxylic acids is 1. The van der Waals surface area contributed by atoms with Crippen LogP contribution in [0.15, 0.2) is 30.3 Å². The molecule has 8 heteroatoms. The fourth-order valence-electron chi connectivity index (χ4n) is 3.26. The topological polar surface area (TPSA) is 95.7 Å². The first-order chi connectivity index (χ1) is 12.5. The number of imidazole rings is 1. The van der Waals surface area contributed by atoms with Crippen LogP contribution in [0.3, 0.4) is 0 Å². The van der Waals surface area contributed by atoms with Crippen LogP contribution in [0.2, 0.25) is 5.15 Å². The van der Waals surface area contributed by atoms with Crippen LogP contribution in [0, 0.1) is 0 Å². The summed E-state index contributed by atoms with van der Waals surface area (Å²) in [6.45, 7) is 0.596. The number of carboxylic acids is 1. The van der Waals surface area contributed by atoms with Gasteiger partial charge in [0.2, 0.25) is 0 Å². The standard InChI is InChI=1S/C18H15ClN4O3/c1-20-12-4-5-13(23-15(19)14(18(25)26)22-16(12)23)10-2-3-11-9(8-10)6-7-21-17(11)24/h2-5,8,20H,6-7H2,1H3,(H,21,24)(H,25,26). The highest BCUT2D eigenvalue weighted by molar-refractivity contribution is 6.33. The first-order valence-electron chi connectivity index (χ1n) is 8.04. The van der Waals surface area contributed by atoms with E-state index in [1.54, 1.807) is 17.5 Å². The van der Waals surface area contributed by atoms with Gasteiger partial charge in [0.15, 0.2) is 11.3 Å². The Bertz CT molecular complexity index is 1070. The van der Waals surface area contributed by atoms with Crippen molar-refractivity contribution in [3.63, 3.8) is 0 Å². The number of rotatable bonds is 3. The molecular formula is C18H15ClN4O3. The third-order valence-corrected chi connectivity index (χ3v) is 4.86. The molecule has 0 saturated heterocycles. The zero-order valence-corrected chi connectivity index (χ0v) is 14.6. The van der Waals surface area contributed by atoms with Crippen molar-refractivity contribution < 1.29 is 14.7 Å². The molecule has 1 aromatic carbocycles. The number of pyridine rings is 1. The number of carbonyl (C=O) groups is 2. The largest absolute Gasteiger partial charge is 0.476 e. The average Bonchev–Trinajstić information content (AvgIpc) is 2.99. The van der Waals surface area contributed by atoms with Gasteiger partial charge >= 0.3 is 5.97 Å². The van der Waals surface area contributed by atoms with Crippen LogP contribution in [-0.4, -0.2) is 40.0 Å². The van der Waals surface area contributed by atoms with Gasteiger partial charge in [0.1, 0.15) is 5.15 Å². The molecule has 26 heavy (non-hydrogen) atoms. The number of halogens is 1. The molecule has 0 atom stereocenters. The smallest absolute Gasteiger partial charge is 0.357 e. The van der Waals surface area contributed by atoms with Crippen molar-refractivity contribution in [2.45, 2.75) is 6.42 Å². The van der Waals surface area contributed by atoms with Gasteiger partial charge in [-0.05, 0) is 41.8 Å². The molecule has 0 fully saturated rings. The summed E-state index contributed by atoms with van der Waals surface area (Å²) in [7, 11) is 1.73. The van der Waals surface area contributed by atoms with Gasteiger partial charge in [-0.15, -0.1) is 0 Å². The van der Waals surface area contributed by atoms with Crippen LogP contribution in [0.1, 0.15) is 26.4 Å². The summed E-state index contributed by atoms with van der Waals surface area (Å²) < 4.78 is 1.61. The summed E-state index contributed by atoms with van der Waals surface area (Å²) in [4.78, 5) is 27.6. The number of aromatic carboxylic acids is 1. The maximum Gasteiger partial charge on any atom is 0.357 e. The zero-order chi connectivity index (χ0) is 18.4. The van der Waals surface area contributed by atoms with E-state index in [0.29, 0.717) is 29.1 Å². The number of nitrogens with one attached hydrogen (secondary N) is 2. The normalized spacial score (nSPS) is 13.4. The van der Waals surface area contributed by atoms with Crippen LogP contribution in [0.5, 0.6) is 0 Å². The van der Waals surface area contributed by atoms with Gasteiger partial charge in [0.05, 0.1) is 11.4 Å². The fraction of sp³-hybridized carbons (Fsp3) is 0.167. The van der Waals surface area contributed by atoms with E-state index in [1.807, 2.05) is 24.3 Å². The van der Waals surface area contributed by atoms with Crippen LogP contribution in [-0.2, 0) is 6.42 Å². The van der Waals surface area contributed by atoms with Gasteiger partial charge in [-0.1, -0.05) is 17.7 Å². The van der Waals surface area contributed by atoms with Crippen molar-refractivity contribution >= 4 is 34.8 Å². The highest BCUT2D eigenvalue weighted by Gasteiger charge is 2.22. The van der Waals surface area contributed by atoms with E-state index in [9.17, 15) is 14.7 Å². The second-order valence-electron chi connectivity index (χ2n) is 5.98. The van der Waals surface area contributed by atoms with E-state index in [1.165, 1.54) is 0 Å². The maximum absolute atomic E-state index is 11.9. The SMILES string of the molecule is CNc1ccc(-c2ccc3c(c2)CCNC3=O)n2c(Cl)c(C(=O)O)nc12. The van der Waals surface area contributed by atoms with E-state index in [-0.39, 0.29) is 16.8 Å². The Balaban J connectivity index is 1.98. The van der Waals surface area contributed by atoms with Gasteiger partial charge in [-0.2, -0.15) is 0 Å². The quantitative estimate of drug-likeness (QED) is 0.658. The molecule has 132 valence electrons. The van der Waals surface area contributed by atoms with Crippen LogP contribution in [0.4, 0.5) is 5.69 Å². The van der Waals surface area contributed by atoms with Crippen molar-refractivity contribution in [3.05, 3.63) is 52.3 Å². The molecular weight excluding hydrogens is 356 g/mol. The summed E-state index contributed by atoms with van der Waals surface area (Å²) in [5, 5.41) is 15.2. The number of hydrogen-bond donors (Lipinski definition) is 3. The van der Waals surface area contributed by atoms with Gasteiger partial charge in [-0.3, -0.25) is 9.20 Å². The number of carboxylic acid groups (broad SMARTS) is 1. The molecule has 3 N–H and O–H groups in total. The van der Waals surface area contributed by atoms with Gasteiger partial charge < -0.3 is 15.7 Å². The van der Waals surface area contributed by atoms with Crippen molar-refractivity contribution in [1.29, 1.82) is 0 Å². The number of amides is 1. The van der Waals surface area contributed by atoms with E-state index in [2.05, 4.69) is 15.6 Å². The lowest BCUT2D eigenvalue weighted by atomic mass is 9.96. The molecule has 0 spiro atoms. The molecule has 4 rings (SSSR count). The Morgan fingerprint density at radius 2 is 2.15 bits per heavy atom. The number of benzene rings is 1. The van der Waals surface area contributed by atoms with Crippen molar-refractivity contribution in [3.8, 4) is 11.3 Å². The first-order valence-corrected chi connectivity index (χ1v) is 8.42. The predicted molar refractivity (Wildman–Crippen MR) is 98.2 cm³/mol. The summed E-state index contributed by atoms with van der Waals surface area (Å²) in [5.74, 6) is -1.27. The molecule has 3 aromatic rings. The molecule has 1 amide bonds. The molecule has 7 nitrogen and oxygen atoms in total. The highest BCUT2D eigenvalue weighted by Crippen LogP contribution is 2.32. The number of hydrogen-bond acceptors (Lipinski definition) is 4. The third kappa shape index (κ3) is 2.40.